The van der Waals surface area contributed by atoms with Crippen LogP contribution in [0.3, 0.4) is 0 Å². The van der Waals surface area contributed by atoms with Crippen molar-refractivity contribution in [2.45, 2.75) is 22.9 Å². The van der Waals surface area contributed by atoms with Gasteiger partial charge in [0.25, 0.3) is 0 Å². The molecule has 9 heteroatoms. The monoisotopic (exact) mass is 886 g/mol. The van der Waals surface area contributed by atoms with Gasteiger partial charge >= 0.3 is 23.9 Å². The standard InChI is InChI=1S/C57H42O8S/c58-53(46-29-21-42(22-30-46)38-13-5-1-6-14-38)62-37-50-51(63-54(59)47-31-23-43(24-32-47)39-15-7-2-8-16-39)52(64-55(60)48-33-25-44(26-34-48)40-17-9-3-10-18-40)57(66-50)65-56(61)49-35-27-45(28-36-49)41-19-11-4-12-20-41/h1-36,50-52,57H,37H2. The van der Waals surface area contributed by atoms with Crippen molar-refractivity contribution in [3.63, 3.8) is 0 Å². The molecule has 8 aromatic carbocycles. The highest BCUT2D eigenvalue weighted by Crippen LogP contribution is 2.41. The first-order chi connectivity index (χ1) is 32.4. The normalized spacial score (nSPS) is 16.4. The Morgan fingerprint density at radius 2 is 0.591 bits per heavy atom. The van der Waals surface area contributed by atoms with Gasteiger partial charge in [-0.1, -0.05) is 170 Å². The number of esters is 4. The lowest BCUT2D eigenvalue weighted by Gasteiger charge is -2.25. The van der Waals surface area contributed by atoms with Crippen molar-refractivity contribution in [3.05, 3.63) is 241 Å². The summed E-state index contributed by atoms with van der Waals surface area (Å²) in [5.74, 6) is -2.72. The van der Waals surface area contributed by atoms with Crippen LogP contribution in [-0.2, 0) is 18.9 Å². The predicted octanol–water partition coefficient (Wildman–Crippen LogP) is 12.3. The van der Waals surface area contributed by atoms with E-state index < -0.39 is 46.8 Å². The van der Waals surface area contributed by atoms with E-state index >= 15 is 0 Å². The topological polar surface area (TPSA) is 105 Å². The van der Waals surface area contributed by atoms with Gasteiger partial charge in [0, 0.05) is 0 Å². The molecule has 1 aliphatic heterocycles. The molecule has 0 aliphatic carbocycles. The van der Waals surface area contributed by atoms with Crippen LogP contribution in [0.4, 0.5) is 0 Å². The minimum Gasteiger partial charge on any atom is -0.461 e. The maximum absolute atomic E-state index is 14.1. The average Bonchev–Trinajstić information content (AvgIpc) is 3.70. The molecule has 0 bridgehead atoms. The van der Waals surface area contributed by atoms with Crippen LogP contribution < -0.4 is 0 Å². The van der Waals surface area contributed by atoms with Crippen molar-refractivity contribution in [2.24, 2.45) is 0 Å². The highest BCUT2D eigenvalue weighted by Gasteiger charge is 2.52. The molecule has 1 fully saturated rings. The van der Waals surface area contributed by atoms with Crippen LogP contribution in [0.5, 0.6) is 0 Å². The van der Waals surface area contributed by atoms with Crippen molar-refractivity contribution in [1.29, 1.82) is 0 Å². The fraction of sp³-hybridized carbons (Fsp3) is 0.0877. The molecule has 0 amide bonds. The van der Waals surface area contributed by atoms with E-state index in [2.05, 4.69) is 0 Å². The number of hydrogen-bond donors (Lipinski definition) is 0. The summed E-state index contributed by atoms with van der Waals surface area (Å²) in [5.41, 5.74) is 7.45. The number of benzene rings is 8. The molecule has 0 N–H and O–H groups in total. The molecule has 1 heterocycles. The largest absolute Gasteiger partial charge is 0.461 e. The molecule has 0 radical (unpaired) electrons. The van der Waals surface area contributed by atoms with Crippen molar-refractivity contribution >= 4 is 35.6 Å². The number of carbonyl (C=O) groups excluding carboxylic acids is 4. The fourth-order valence-corrected chi connectivity index (χ4v) is 9.07. The zero-order valence-corrected chi connectivity index (χ0v) is 36.3. The van der Waals surface area contributed by atoms with Crippen molar-refractivity contribution in [1.82, 2.24) is 0 Å². The van der Waals surface area contributed by atoms with Gasteiger partial charge in [-0.2, -0.15) is 0 Å². The van der Waals surface area contributed by atoms with Gasteiger partial charge in [-0.3, -0.25) is 0 Å². The van der Waals surface area contributed by atoms with Crippen molar-refractivity contribution < 1.29 is 38.1 Å². The second kappa shape index (κ2) is 20.2. The first kappa shape index (κ1) is 43.3. The van der Waals surface area contributed by atoms with Crippen LogP contribution in [0, 0.1) is 0 Å². The second-order valence-corrected chi connectivity index (χ2v) is 16.9. The molecule has 4 atom stereocenters. The summed E-state index contributed by atoms with van der Waals surface area (Å²) in [4.78, 5) is 55.7. The Bertz CT molecular complexity index is 2910. The summed E-state index contributed by atoms with van der Waals surface area (Å²) in [6, 6.07) is 67.0. The molecule has 9 rings (SSSR count). The van der Waals surface area contributed by atoms with Crippen LogP contribution in [-0.4, -0.2) is 53.4 Å². The molecule has 66 heavy (non-hydrogen) atoms. The smallest absolute Gasteiger partial charge is 0.339 e. The number of ether oxygens (including phenoxy) is 4. The number of rotatable bonds is 13. The van der Waals surface area contributed by atoms with Gasteiger partial charge in [0.2, 0.25) is 0 Å². The van der Waals surface area contributed by atoms with Crippen molar-refractivity contribution in [2.75, 3.05) is 6.61 Å². The molecule has 1 aliphatic rings. The lowest BCUT2D eigenvalue weighted by Crippen LogP contribution is -2.42. The van der Waals surface area contributed by atoms with E-state index in [0.29, 0.717) is 5.56 Å². The summed E-state index contributed by atoms with van der Waals surface area (Å²) in [5, 5.41) is -0.832. The first-order valence-corrected chi connectivity index (χ1v) is 22.4. The highest BCUT2D eigenvalue weighted by molar-refractivity contribution is 8.00. The molecule has 0 spiro atoms. The van der Waals surface area contributed by atoms with Crippen LogP contribution in [0.1, 0.15) is 41.4 Å². The molecule has 1 saturated heterocycles. The third-order valence-electron chi connectivity index (χ3n) is 11.3. The summed E-state index contributed by atoms with van der Waals surface area (Å²) in [6.07, 6.45) is -2.54. The minimum absolute atomic E-state index is 0.233. The Labute approximate surface area is 386 Å². The summed E-state index contributed by atoms with van der Waals surface area (Å²) in [7, 11) is 0. The van der Waals surface area contributed by atoms with Gasteiger partial charge in [0.1, 0.15) is 6.61 Å². The zero-order chi connectivity index (χ0) is 45.2. The third kappa shape index (κ3) is 10.2. The Morgan fingerprint density at radius 1 is 0.318 bits per heavy atom. The summed E-state index contributed by atoms with van der Waals surface area (Å²) in [6.45, 7) is -0.269. The van der Waals surface area contributed by atoms with Crippen LogP contribution >= 0.6 is 11.8 Å². The molecule has 8 aromatic rings. The fourth-order valence-electron chi connectivity index (χ4n) is 7.70. The van der Waals surface area contributed by atoms with Crippen LogP contribution in [0.15, 0.2) is 218 Å². The Hall–Kier alpha value is -8.01. The molecule has 4 unspecified atom stereocenters. The first-order valence-electron chi connectivity index (χ1n) is 21.4. The molecule has 324 valence electrons. The van der Waals surface area contributed by atoms with E-state index in [0.717, 1.165) is 56.3 Å². The number of hydrogen-bond acceptors (Lipinski definition) is 9. The summed E-state index contributed by atoms with van der Waals surface area (Å²) >= 11 is 1.09. The summed E-state index contributed by atoms with van der Waals surface area (Å²) < 4.78 is 24.5. The molecule has 0 aromatic heterocycles. The zero-order valence-electron chi connectivity index (χ0n) is 35.5. The SMILES string of the molecule is O=C(OCC1SC(OC(=O)c2ccc(-c3ccccc3)cc2)C(OC(=O)c2ccc(-c3ccccc3)cc2)C1OC(=O)c1ccc(-c2ccccc2)cc1)c1ccc(-c2ccccc2)cc1. The third-order valence-corrected chi connectivity index (χ3v) is 12.7. The quantitative estimate of drug-likeness (QED) is 0.0826. The molecule has 8 nitrogen and oxygen atoms in total. The van der Waals surface area contributed by atoms with E-state index in [9.17, 15) is 19.2 Å². The maximum atomic E-state index is 14.1. The molecular formula is C57H42O8S. The van der Waals surface area contributed by atoms with Crippen LogP contribution in [0.2, 0.25) is 0 Å². The predicted molar refractivity (Wildman–Crippen MR) is 257 cm³/mol. The Kier molecular flexibility index (Phi) is 13.3. The highest BCUT2D eigenvalue weighted by atomic mass is 32.2. The lowest BCUT2D eigenvalue weighted by molar-refractivity contribution is -0.0607. The average molecular weight is 887 g/mol. The molecule has 0 saturated carbocycles. The van der Waals surface area contributed by atoms with E-state index in [1.807, 2.05) is 170 Å². The Morgan fingerprint density at radius 3 is 0.924 bits per heavy atom. The van der Waals surface area contributed by atoms with Gasteiger partial charge in [-0.15, -0.1) is 11.8 Å². The minimum atomic E-state index is -1.31. The van der Waals surface area contributed by atoms with E-state index in [1.54, 1.807) is 48.5 Å². The van der Waals surface area contributed by atoms with Crippen LogP contribution in [0.25, 0.3) is 44.5 Å². The number of thioether (sulfide) groups is 1. The number of carbonyl (C=O) groups is 4. The van der Waals surface area contributed by atoms with Gasteiger partial charge in [0.05, 0.1) is 27.5 Å². The van der Waals surface area contributed by atoms with Gasteiger partial charge in [-0.25, -0.2) is 19.2 Å². The van der Waals surface area contributed by atoms with Crippen molar-refractivity contribution in [3.8, 4) is 44.5 Å². The van der Waals surface area contributed by atoms with E-state index in [-0.39, 0.29) is 23.3 Å². The van der Waals surface area contributed by atoms with E-state index in [4.69, 9.17) is 18.9 Å². The maximum Gasteiger partial charge on any atom is 0.339 e. The Balaban J connectivity index is 1.00. The van der Waals surface area contributed by atoms with E-state index in [1.165, 1.54) is 0 Å². The van der Waals surface area contributed by atoms with Gasteiger partial charge < -0.3 is 18.9 Å². The lowest BCUT2D eigenvalue weighted by atomic mass is 10.0. The van der Waals surface area contributed by atoms with Gasteiger partial charge in [0.15, 0.2) is 17.6 Å². The van der Waals surface area contributed by atoms with Gasteiger partial charge in [-0.05, 0) is 93.0 Å². The molecular weight excluding hydrogens is 845 g/mol. The second-order valence-electron chi connectivity index (χ2n) is 15.6.